The van der Waals surface area contributed by atoms with E-state index in [1.165, 1.54) is 0 Å². The summed E-state index contributed by atoms with van der Waals surface area (Å²) in [4.78, 5) is 12.6. The van der Waals surface area contributed by atoms with Crippen LogP contribution in [0, 0.1) is 10.8 Å². The second-order valence-electron chi connectivity index (χ2n) is 5.15. The average molecular weight is 214 g/mol. The number of hydrogen-bond acceptors (Lipinski definition) is 1. The van der Waals surface area contributed by atoms with Crippen molar-refractivity contribution in [3.63, 3.8) is 0 Å². The van der Waals surface area contributed by atoms with Crippen LogP contribution in [0.15, 0.2) is 48.6 Å². The van der Waals surface area contributed by atoms with E-state index < -0.39 is 0 Å². The molecular formula is C15H18O. The highest BCUT2D eigenvalue weighted by atomic mass is 16.1. The highest BCUT2D eigenvalue weighted by Gasteiger charge is 2.41. The van der Waals surface area contributed by atoms with Crippen LogP contribution in [0.2, 0.25) is 0 Å². The average Bonchev–Trinajstić information content (AvgIpc) is 2.30. The lowest BCUT2D eigenvalue weighted by atomic mass is 9.66. The van der Waals surface area contributed by atoms with Gasteiger partial charge >= 0.3 is 0 Å². The third-order valence-electron chi connectivity index (χ3n) is 3.54. The van der Waals surface area contributed by atoms with Crippen molar-refractivity contribution >= 4 is 5.78 Å². The number of rotatable bonds is 2. The summed E-state index contributed by atoms with van der Waals surface area (Å²) < 4.78 is 0. The molecule has 1 nitrogen and oxygen atoms in total. The number of Topliss-reactive ketones (excluding diaryl/α,β-unsaturated/α-hetero) is 1. The minimum atomic E-state index is -0.334. The maximum absolute atomic E-state index is 12.6. The van der Waals surface area contributed by atoms with Crippen LogP contribution in [0.3, 0.4) is 0 Å². The summed E-state index contributed by atoms with van der Waals surface area (Å²) in [5.74, 6) is 0.321. The van der Waals surface area contributed by atoms with Crippen LogP contribution in [0.5, 0.6) is 0 Å². The summed E-state index contributed by atoms with van der Waals surface area (Å²) >= 11 is 0. The molecule has 0 bridgehead atoms. The zero-order valence-electron chi connectivity index (χ0n) is 9.94. The van der Waals surface area contributed by atoms with E-state index in [0.29, 0.717) is 5.78 Å². The van der Waals surface area contributed by atoms with Gasteiger partial charge in [0.05, 0.1) is 0 Å². The lowest BCUT2D eigenvalue weighted by Gasteiger charge is -2.35. The van der Waals surface area contributed by atoms with Crippen LogP contribution < -0.4 is 0 Å². The summed E-state index contributed by atoms with van der Waals surface area (Å²) in [5, 5.41) is 0. The molecule has 0 saturated carbocycles. The van der Waals surface area contributed by atoms with E-state index in [2.05, 4.69) is 12.2 Å². The second kappa shape index (κ2) is 3.89. The van der Waals surface area contributed by atoms with E-state index in [4.69, 9.17) is 0 Å². The van der Waals surface area contributed by atoms with Gasteiger partial charge in [0, 0.05) is 10.8 Å². The van der Waals surface area contributed by atoms with Gasteiger partial charge in [0.2, 0.25) is 0 Å². The molecule has 0 aromatic rings. The van der Waals surface area contributed by atoms with E-state index >= 15 is 0 Å². The minimum absolute atomic E-state index is 0.321. The predicted molar refractivity (Wildman–Crippen MR) is 67.0 cm³/mol. The molecule has 0 aromatic heterocycles. The van der Waals surface area contributed by atoms with Gasteiger partial charge in [-0.2, -0.15) is 0 Å². The van der Waals surface area contributed by atoms with E-state index in [1.54, 1.807) is 0 Å². The van der Waals surface area contributed by atoms with Crippen LogP contribution in [-0.4, -0.2) is 5.78 Å². The van der Waals surface area contributed by atoms with Gasteiger partial charge < -0.3 is 0 Å². The summed E-state index contributed by atoms with van der Waals surface area (Å²) in [6, 6.07) is 0. The van der Waals surface area contributed by atoms with Gasteiger partial charge in [-0.3, -0.25) is 4.79 Å². The zero-order valence-corrected chi connectivity index (χ0v) is 9.94. The maximum atomic E-state index is 12.6. The van der Waals surface area contributed by atoms with Gasteiger partial charge in [0.1, 0.15) is 0 Å². The molecule has 0 amide bonds. The van der Waals surface area contributed by atoms with Crippen LogP contribution in [0.1, 0.15) is 26.7 Å². The SMILES string of the molecule is CC1(C(=O)C2(C)C=CC=CC2)C=CC=CC1. The van der Waals surface area contributed by atoms with E-state index in [9.17, 15) is 4.79 Å². The fourth-order valence-corrected chi connectivity index (χ4v) is 2.44. The molecule has 2 unspecified atom stereocenters. The molecule has 0 radical (unpaired) electrons. The van der Waals surface area contributed by atoms with Crippen molar-refractivity contribution in [2.24, 2.45) is 10.8 Å². The number of hydrogen-bond donors (Lipinski definition) is 0. The Balaban J connectivity index is 2.25. The second-order valence-corrected chi connectivity index (χ2v) is 5.15. The Bertz CT molecular complexity index is 373. The lowest BCUT2D eigenvalue weighted by molar-refractivity contribution is -0.132. The molecule has 2 rings (SSSR count). The molecule has 0 N–H and O–H groups in total. The third kappa shape index (κ3) is 1.82. The molecule has 0 fully saturated rings. The van der Waals surface area contributed by atoms with Crippen molar-refractivity contribution in [2.75, 3.05) is 0 Å². The third-order valence-corrected chi connectivity index (χ3v) is 3.54. The van der Waals surface area contributed by atoms with Gasteiger partial charge in [0.15, 0.2) is 5.78 Å². The summed E-state index contributed by atoms with van der Waals surface area (Å²) in [5.41, 5.74) is -0.669. The minimum Gasteiger partial charge on any atom is -0.298 e. The quantitative estimate of drug-likeness (QED) is 0.686. The number of ketones is 1. The zero-order chi connectivity index (χ0) is 11.6. The molecule has 2 aliphatic rings. The molecule has 0 aliphatic heterocycles. The molecule has 2 atom stereocenters. The first-order valence-corrected chi connectivity index (χ1v) is 5.81. The number of carbonyl (C=O) groups excluding carboxylic acids is 1. The van der Waals surface area contributed by atoms with Gasteiger partial charge in [-0.25, -0.2) is 0 Å². The highest BCUT2D eigenvalue weighted by molar-refractivity contribution is 5.93. The highest BCUT2D eigenvalue weighted by Crippen LogP contribution is 2.40. The monoisotopic (exact) mass is 214 g/mol. The first-order chi connectivity index (χ1) is 7.57. The number of allylic oxidation sites excluding steroid dienone is 8. The van der Waals surface area contributed by atoms with Gasteiger partial charge in [-0.15, -0.1) is 0 Å². The first kappa shape index (κ1) is 11.1. The van der Waals surface area contributed by atoms with E-state index in [0.717, 1.165) is 12.8 Å². The molecule has 0 spiro atoms. The molecule has 0 aromatic carbocycles. The topological polar surface area (TPSA) is 17.1 Å². The Morgan fingerprint density at radius 1 is 0.875 bits per heavy atom. The number of carbonyl (C=O) groups is 1. The largest absolute Gasteiger partial charge is 0.298 e. The van der Waals surface area contributed by atoms with Crippen molar-refractivity contribution in [1.29, 1.82) is 0 Å². The molecule has 0 heterocycles. The lowest BCUT2D eigenvalue weighted by Crippen LogP contribution is -2.38. The normalized spacial score (nSPS) is 36.6. The van der Waals surface area contributed by atoms with Crippen LogP contribution >= 0.6 is 0 Å². The summed E-state index contributed by atoms with van der Waals surface area (Å²) in [6.45, 7) is 4.07. The van der Waals surface area contributed by atoms with Crippen molar-refractivity contribution < 1.29 is 4.79 Å². The molecule has 84 valence electrons. The van der Waals surface area contributed by atoms with Crippen molar-refractivity contribution in [3.8, 4) is 0 Å². The van der Waals surface area contributed by atoms with Crippen LogP contribution in [-0.2, 0) is 4.79 Å². The van der Waals surface area contributed by atoms with E-state index in [-0.39, 0.29) is 10.8 Å². The molecular weight excluding hydrogens is 196 g/mol. The Hall–Kier alpha value is -1.37. The van der Waals surface area contributed by atoms with Crippen molar-refractivity contribution in [3.05, 3.63) is 48.6 Å². The molecule has 1 heteroatoms. The predicted octanol–water partition coefficient (Wildman–Crippen LogP) is 3.60. The Kier molecular flexibility index (Phi) is 2.71. The summed E-state index contributed by atoms with van der Waals surface area (Å²) in [7, 11) is 0. The molecule has 0 saturated heterocycles. The van der Waals surface area contributed by atoms with Crippen molar-refractivity contribution in [2.45, 2.75) is 26.7 Å². The fourth-order valence-electron chi connectivity index (χ4n) is 2.44. The summed E-state index contributed by atoms with van der Waals surface area (Å²) in [6.07, 6.45) is 17.8. The van der Waals surface area contributed by atoms with E-state index in [1.807, 2.05) is 50.3 Å². The Labute approximate surface area is 97.2 Å². The van der Waals surface area contributed by atoms with Crippen molar-refractivity contribution in [1.82, 2.24) is 0 Å². The Morgan fingerprint density at radius 3 is 1.62 bits per heavy atom. The molecule has 2 aliphatic carbocycles. The first-order valence-electron chi connectivity index (χ1n) is 5.81. The van der Waals surface area contributed by atoms with Gasteiger partial charge in [0.25, 0.3) is 0 Å². The van der Waals surface area contributed by atoms with Gasteiger partial charge in [-0.1, -0.05) is 48.6 Å². The van der Waals surface area contributed by atoms with Gasteiger partial charge in [-0.05, 0) is 26.7 Å². The maximum Gasteiger partial charge on any atom is 0.152 e. The van der Waals surface area contributed by atoms with Crippen LogP contribution in [0.4, 0.5) is 0 Å². The molecule has 16 heavy (non-hydrogen) atoms. The smallest absolute Gasteiger partial charge is 0.152 e. The standard InChI is InChI=1S/C15H18O/c1-14(9-5-3-6-10-14)13(16)15(2)11-7-4-8-12-15/h3-9,11H,10,12H2,1-2H3. The fraction of sp³-hybridized carbons (Fsp3) is 0.400. The van der Waals surface area contributed by atoms with Crippen LogP contribution in [0.25, 0.3) is 0 Å². The Morgan fingerprint density at radius 2 is 1.31 bits per heavy atom.